The van der Waals surface area contributed by atoms with E-state index in [0.717, 1.165) is 37.7 Å². The summed E-state index contributed by atoms with van der Waals surface area (Å²) in [7, 11) is 0. The van der Waals surface area contributed by atoms with Crippen LogP contribution in [0.15, 0.2) is 24.3 Å². The fourth-order valence-corrected chi connectivity index (χ4v) is 2.99. The highest BCUT2D eigenvalue weighted by Crippen LogP contribution is 2.40. The highest BCUT2D eigenvalue weighted by atomic mass is 35.5. The van der Waals surface area contributed by atoms with E-state index in [1.807, 2.05) is 24.3 Å². The van der Waals surface area contributed by atoms with Gasteiger partial charge in [-0.25, -0.2) is 4.79 Å². The van der Waals surface area contributed by atoms with E-state index in [1.54, 1.807) is 0 Å². The van der Waals surface area contributed by atoms with Crippen molar-refractivity contribution in [3.63, 3.8) is 0 Å². The molecule has 0 spiro atoms. The van der Waals surface area contributed by atoms with Crippen LogP contribution in [-0.2, 0) is 5.54 Å². The quantitative estimate of drug-likeness (QED) is 0.843. The second-order valence-corrected chi connectivity index (χ2v) is 4.96. The Labute approximate surface area is 106 Å². The van der Waals surface area contributed by atoms with Crippen LogP contribution in [0.25, 0.3) is 0 Å². The van der Waals surface area contributed by atoms with Crippen molar-refractivity contribution in [1.82, 2.24) is 5.32 Å². The first-order valence-electron chi connectivity index (χ1n) is 5.90. The number of hydrogen-bond acceptors (Lipinski definition) is 1. The molecule has 0 bridgehead atoms. The molecule has 0 atom stereocenters. The van der Waals surface area contributed by atoms with Crippen LogP contribution in [0, 0.1) is 0 Å². The zero-order chi connectivity index (χ0) is 12.3. The molecule has 3 nitrogen and oxygen atoms in total. The van der Waals surface area contributed by atoms with Crippen molar-refractivity contribution < 1.29 is 9.90 Å². The minimum atomic E-state index is -0.980. The fourth-order valence-electron chi connectivity index (χ4n) is 2.67. The summed E-state index contributed by atoms with van der Waals surface area (Å²) in [4.78, 5) is 11.0. The van der Waals surface area contributed by atoms with Crippen molar-refractivity contribution >= 4 is 17.7 Å². The van der Waals surface area contributed by atoms with Crippen molar-refractivity contribution in [2.75, 3.05) is 0 Å². The van der Waals surface area contributed by atoms with E-state index in [1.165, 1.54) is 0 Å². The van der Waals surface area contributed by atoms with Gasteiger partial charge in [-0.15, -0.1) is 0 Å². The third-order valence-corrected chi connectivity index (χ3v) is 3.77. The van der Waals surface area contributed by atoms with Crippen LogP contribution >= 0.6 is 11.6 Å². The Morgan fingerprint density at radius 3 is 2.47 bits per heavy atom. The lowest BCUT2D eigenvalue weighted by Crippen LogP contribution is -2.46. The molecule has 0 aromatic heterocycles. The number of halogens is 1. The minimum Gasteiger partial charge on any atom is -0.465 e. The van der Waals surface area contributed by atoms with Crippen molar-refractivity contribution in [3.8, 4) is 0 Å². The van der Waals surface area contributed by atoms with Gasteiger partial charge in [0.15, 0.2) is 0 Å². The zero-order valence-corrected chi connectivity index (χ0v) is 10.3. The predicted molar refractivity (Wildman–Crippen MR) is 67.4 cm³/mol. The molecule has 2 rings (SSSR count). The van der Waals surface area contributed by atoms with E-state index in [-0.39, 0.29) is 0 Å². The standard InChI is InChI=1S/C13H16ClNO2/c14-11-7-3-2-6-10(11)13(15-12(16)17)8-4-1-5-9-13/h2-3,6-7,15H,1,4-5,8-9H2,(H,16,17). The highest BCUT2D eigenvalue weighted by Gasteiger charge is 2.36. The normalized spacial score (nSPS) is 18.6. The van der Waals surface area contributed by atoms with Gasteiger partial charge in [-0.2, -0.15) is 0 Å². The Hall–Kier alpha value is -1.22. The molecule has 17 heavy (non-hydrogen) atoms. The molecular formula is C13H16ClNO2. The summed E-state index contributed by atoms with van der Waals surface area (Å²) < 4.78 is 0. The van der Waals surface area contributed by atoms with E-state index in [9.17, 15) is 4.79 Å². The molecule has 1 aromatic rings. The minimum absolute atomic E-state index is 0.498. The van der Waals surface area contributed by atoms with Crippen LogP contribution in [-0.4, -0.2) is 11.2 Å². The van der Waals surface area contributed by atoms with Gasteiger partial charge in [-0.1, -0.05) is 49.1 Å². The van der Waals surface area contributed by atoms with Gasteiger partial charge in [-0.05, 0) is 24.5 Å². The first-order chi connectivity index (χ1) is 8.14. The third-order valence-electron chi connectivity index (χ3n) is 3.44. The number of benzene rings is 1. The Morgan fingerprint density at radius 2 is 1.88 bits per heavy atom. The van der Waals surface area contributed by atoms with Gasteiger partial charge in [-0.3, -0.25) is 0 Å². The lowest BCUT2D eigenvalue weighted by Gasteiger charge is -2.38. The molecule has 0 saturated heterocycles. The van der Waals surface area contributed by atoms with Gasteiger partial charge < -0.3 is 10.4 Å². The van der Waals surface area contributed by atoms with E-state index in [4.69, 9.17) is 16.7 Å². The van der Waals surface area contributed by atoms with Gasteiger partial charge in [0.25, 0.3) is 0 Å². The topological polar surface area (TPSA) is 49.3 Å². The maximum atomic E-state index is 11.0. The average molecular weight is 254 g/mol. The van der Waals surface area contributed by atoms with Gasteiger partial charge in [0.1, 0.15) is 0 Å². The monoisotopic (exact) mass is 253 g/mol. The SMILES string of the molecule is O=C(O)NC1(c2ccccc2Cl)CCCCC1. The number of carbonyl (C=O) groups is 1. The summed E-state index contributed by atoms with van der Waals surface area (Å²) in [5, 5.41) is 12.4. The van der Waals surface area contributed by atoms with Crippen LogP contribution in [0.2, 0.25) is 5.02 Å². The van der Waals surface area contributed by atoms with E-state index in [2.05, 4.69) is 5.32 Å². The first-order valence-corrected chi connectivity index (χ1v) is 6.28. The predicted octanol–water partition coefficient (Wildman–Crippen LogP) is 3.77. The van der Waals surface area contributed by atoms with Crippen molar-refractivity contribution in [2.24, 2.45) is 0 Å². The summed E-state index contributed by atoms with van der Waals surface area (Å²) in [6.45, 7) is 0. The van der Waals surface area contributed by atoms with Crippen LogP contribution in [0.1, 0.15) is 37.7 Å². The van der Waals surface area contributed by atoms with Crippen molar-refractivity contribution in [1.29, 1.82) is 0 Å². The van der Waals surface area contributed by atoms with E-state index < -0.39 is 11.6 Å². The van der Waals surface area contributed by atoms with Crippen LogP contribution in [0.3, 0.4) is 0 Å². The molecule has 1 saturated carbocycles. The van der Waals surface area contributed by atoms with Gasteiger partial charge in [0.05, 0.1) is 5.54 Å². The third kappa shape index (κ3) is 2.55. The Balaban J connectivity index is 2.39. The number of nitrogens with one attached hydrogen (secondary N) is 1. The largest absolute Gasteiger partial charge is 0.465 e. The molecule has 1 aliphatic rings. The number of amides is 1. The van der Waals surface area contributed by atoms with Crippen LogP contribution in [0.4, 0.5) is 4.79 Å². The second kappa shape index (κ2) is 4.96. The van der Waals surface area contributed by atoms with E-state index >= 15 is 0 Å². The Bertz CT molecular complexity index is 414. The van der Waals surface area contributed by atoms with Crippen LogP contribution < -0.4 is 5.32 Å². The first kappa shape index (κ1) is 12.2. The number of rotatable bonds is 2. The lowest BCUT2D eigenvalue weighted by molar-refractivity contribution is 0.162. The summed E-state index contributed by atoms with van der Waals surface area (Å²) in [6.07, 6.45) is 3.89. The summed E-state index contributed by atoms with van der Waals surface area (Å²) in [5.74, 6) is 0. The number of carboxylic acid groups (broad SMARTS) is 1. The van der Waals surface area contributed by atoms with Gasteiger partial charge in [0.2, 0.25) is 0 Å². The molecule has 2 N–H and O–H groups in total. The van der Waals surface area contributed by atoms with Gasteiger partial charge in [0, 0.05) is 5.02 Å². The Kier molecular flexibility index (Phi) is 3.57. The molecule has 0 aliphatic heterocycles. The summed E-state index contributed by atoms with van der Waals surface area (Å²) in [6, 6.07) is 7.50. The molecule has 1 aromatic carbocycles. The maximum absolute atomic E-state index is 11.0. The van der Waals surface area contributed by atoms with Gasteiger partial charge >= 0.3 is 6.09 Å². The molecule has 4 heteroatoms. The molecule has 0 unspecified atom stereocenters. The second-order valence-electron chi connectivity index (χ2n) is 4.55. The van der Waals surface area contributed by atoms with Crippen LogP contribution in [0.5, 0.6) is 0 Å². The molecule has 1 amide bonds. The lowest BCUT2D eigenvalue weighted by atomic mass is 9.76. The molecule has 1 aliphatic carbocycles. The smallest absolute Gasteiger partial charge is 0.405 e. The number of hydrogen-bond donors (Lipinski definition) is 2. The van der Waals surface area contributed by atoms with E-state index in [0.29, 0.717) is 5.02 Å². The zero-order valence-electron chi connectivity index (χ0n) is 9.58. The summed E-state index contributed by atoms with van der Waals surface area (Å²) >= 11 is 6.20. The molecule has 0 heterocycles. The molecular weight excluding hydrogens is 238 g/mol. The summed E-state index contributed by atoms with van der Waals surface area (Å²) in [5.41, 5.74) is 0.409. The molecule has 92 valence electrons. The maximum Gasteiger partial charge on any atom is 0.405 e. The highest BCUT2D eigenvalue weighted by molar-refractivity contribution is 6.31. The Morgan fingerprint density at radius 1 is 1.24 bits per heavy atom. The molecule has 1 fully saturated rings. The van der Waals surface area contributed by atoms with Crippen molar-refractivity contribution in [3.05, 3.63) is 34.9 Å². The average Bonchev–Trinajstić information content (AvgIpc) is 2.29. The fraction of sp³-hybridized carbons (Fsp3) is 0.462. The van der Waals surface area contributed by atoms with Crippen molar-refractivity contribution in [2.45, 2.75) is 37.6 Å². The molecule has 0 radical (unpaired) electrons.